The maximum atomic E-state index is 5.97. The first-order valence-corrected chi connectivity index (χ1v) is 28.7. The molecule has 0 fully saturated rings. The Kier molecular flexibility index (Phi) is 11.7. The molecule has 246 valence electrons. The fourth-order valence-corrected chi connectivity index (χ4v) is 13.6. The van der Waals surface area contributed by atoms with Gasteiger partial charge in [0.1, 0.15) is 0 Å². The maximum absolute atomic E-state index is 5.97. The van der Waals surface area contributed by atoms with Crippen LogP contribution in [0.15, 0.2) is 133 Å². The van der Waals surface area contributed by atoms with Gasteiger partial charge in [-0.25, -0.2) is 0 Å². The van der Waals surface area contributed by atoms with Gasteiger partial charge in [-0.1, -0.05) is 126 Å². The summed E-state index contributed by atoms with van der Waals surface area (Å²) in [5.74, 6) is 0. The summed E-state index contributed by atoms with van der Waals surface area (Å²) in [6.45, 7) is 18.0. The first kappa shape index (κ1) is 36.5. The van der Waals surface area contributed by atoms with Gasteiger partial charge in [0.05, 0.1) is 0 Å². The Morgan fingerprint density at radius 2 is 1.06 bits per heavy atom. The molecule has 0 saturated carbocycles. The van der Waals surface area contributed by atoms with Crippen LogP contribution in [0.25, 0.3) is 43.4 Å². The smallest absolute Gasteiger partial charge is 0.0279 e. The summed E-state index contributed by atoms with van der Waals surface area (Å²) in [4.78, 5) is 0. The molecular weight excluding hydrogens is 719 g/mol. The van der Waals surface area contributed by atoms with Crippen LogP contribution >= 0.6 is 17.0 Å². The fourth-order valence-electron chi connectivity index (χ4n) is 6.01. The molecule has 0 aliphatic rings. The zero-order valence-corrected chi connectivity index (χ0v) is 34.4. The molecule has 0 atom stereocenters. The van der Waals surface area contributed by atoms with Gasteiger partial charge in [-0.15, -0.1) is 74.3 Å². The number of halogens is 2. The average Bonchev–Trinajstić information content (AvgIpc) is 3.63. The minimum atomic E-state index is -1.95. The van der Waals surface area contributed by atoms with Gasteiger partial charge in [0, 0.05) is 0 Å². The summed E-state index contributed by atoms with van der Waals surface area (Å²) in [5, 5.41) is 9.53. The van der Waals surface area contributed by atoms with E-state index in [1.165, 1.54) is 65.3 Å². The van der Waals surface area contributed by atoms with Crippen LogP contribution in [-0.4, -0.2) is 5.43 Å². The third-order valence-electron chi connectivity index (χ3n) is 8.91. The van der Waals surface area contributed by atoms with E-state index < -0.39 is 23.4 Å². The van der Waals surface area contributed by atoms with E-state index in [1.807, 2.05) is 18.2 Å². The second-order valence-electron chi connectivity index (χ2n) is 14.7. The molecule has 48 heavy (non-hydrogen) atoms. The van der Waals surface area contributed by atoms with E-state index in [0.717, 1.165) is 0 Å². The molecule has 7 rings (SSSR count). The second kappa shape index (κ2) is 15.4. The zero-order chi connectivity index (χ0) is 34.6. The molecule has 0 saturated heterocycles. The van der Waals surface area contributed by atoms with Crippen molar-refractivity contribution in [2.45, 2.75) is 65.8 Å². The van der Waals surface area contributed by atoms with E-state index in [0.29, 0.717) is 0 Å². The molecule has 4 heteroatoms. The largest absolute Gasteiger partial charge is 0.165 e. The van der Waals surface area contributed by atoms with Crippen molar-refractivity contribution in [3.63, 3.8) is 0 Å². The SMILES string of the molecule is CC(C)(C)c1ccc2c(c1)[cH-]c1cc(C(C)(C)C)ccc12.C[Si](c1ccccc1)=[Zr]([Cl])[Cl].Cc1cc2c(-c3ccccc3)cccc2[cH-]1. The van der Waals surface area contributed by atoms with Gasteiger partial charge in [-0.2, -0.15) is 6.07 Å². The molecule has 0 N–H and O–H groups in total. The summed E-state index contributed by atoms with van der Waals surface area (Å²) >= 11 is -1.95. The number of hydrogen-bond donors (Lipinski definition) is 0. The number of aryl methyl sites for hydroxylation is 1. The van der Waals surface area contributed by atoms with E-state index >= 15 is 0 Å². The molecule has 0 radical (unpaired) electrons. The minimum absolute atomic E-state index is 0.203. The Morgan fingerprint density at radius 1 is 0.542 bits per heavy atom. The van der Waals surface area contributed by atoms with Crippen molar-refractivity contribution in [2.24, 2.45) is 0 Å². The topological polar surface area (TPSA) is 0 Å². The van der Waals surface area contributed by atoms with Crippen LogP contribution in [0, 0.1) is 6.92 Å². The molecule has 7 aromatic carbocycles. The van der Waals surface area contributed by atoms with Crippen molar-refractivity contribution < 1.29 is 18.0 Å². The molecule has 0 unspecified atom stereocenters. The summed E-state index contributed by atoms with van der Waals surface area (Å²) in [5.41, 5.74) is 6.60. The van der Waals surface area contributed by atoms with Gasteiger partial charge in [-0.05, 0) is 16.4 Å². The molecule has 0 aliphatic carbocycles. The van der Waals surface area contributed by atoms with Gasteiger partial charge >= 0.3 is 82.5 Å². The summed E-state index contributed by atoms with van der Waals surface area (Å²) < 4.78 is 0. The number of hydrogen-bond acceptors (Lipinski definition) is 0. The number of fused-ring (bicyclic) bond motifs is 4. The van der Waals surface area contributed by atoms with Crippen LogP contribution in [0.5, 0.6) is 0 Å². The van der Waals surface area contributed by atoms with Crippen LogP contribution < -0.4 is 5.19 Å². The van der Waals surface area contributed by atoms with Crippen LogP contribution in [0.4, 0.5) is 0 Å². The zero-order valence-electron chi connectivity index (χ0n) is 29.5. The molecule has 0 nitrogen and oxygen atoms in total. The second-order valence-corrected chi connectivity index (χ2v) is 35.7. The predicted octanol–water partition coefficient (Wildman–Crippen LogP) is 13.3. The van der Waals surface area contributed by atoms with Crippen molar-refractivity contribution >= 4 is 60.0 Å². The maximum Gasteiger partial charge on any atom is -0.0279 e. The normalized spacial score (nSPS) is 11.5. The van der Waals surface area contributed by atoms with Gasteiger partial charge in [0.25, 0.3) is 0 Å². The Bertz CT molecular complexity index is 2100. The quantitative estimate of drug-likeness (QED) is 0.121. The van der Waals surface area contributed by atoms with Gasteiger partial charge in [0.15, 0.2) is 0 Å². The predicted molar refractivity (Wildman–Crippen MR) is 214 cm³/mol. The number of benzene rings is 5. The van der Waals surface area contributed by atoms with Crippen LogP contribution in [0.2, 0.25) is 6.55 Å². The molecule has 0 spiro atoms. The van der Waals surface area contributed by atoms with Crippen molar-refractivity contribution in [1.82, 2.24) is 0 Å². The molecule has 0 amide bonds. The monoisotopic (exact) mass is 762 g/mol. The Balaban J connectivity index is 0.000000148. The summed E-state index contributed by atoms with van der Waals surface area (Å²) in [7, 11) is 11.9. The fraction of sp³-hybridized carbons (Fsp3) is 0.227. The van der Waals surface area contributed by atoms with Gasteiger partial charge in [0.2, 0.25) is 0 Å². The third kappa shape index (κ3) is 8.88. The third-order valence-corrected chi connectivity index (χ3v) is 27.0. The first-order valence-electron chi connectivity index (χ1n) is 16.7. The molecule has 7 aromatic rings. The van der Waals surface area contributed by atoms with E-state index in [2.05, 4.69) is 170 Å². The summed E-state index contributed by atoms with van der Waals surface area (Å²) in [6.07, 6.45) is 0. The van der Waals surface area contributed by atoms with E-state index in [-0.39, 0.29) is 10.8 Å². The van der Waals surface area contributed by atoms with Crippen molar-refractivity contribution in [3.05, 3.63) is 150 Å². The van der Waals surface area contributed by atoms with Crippen molar-refractivity contribution in [3.8, 4) is 11.1 Å². The Morgan fingerprint density at radius 3 is 1.56 bits per heavy atom. The molecule has 0 aliphatic heterocycles. The van der Waals surface area contributed by atoms with Crippen LogP contribution in [-0.2, 0) is 28.8 Å². The van der Waals surface area contributed by atoms with Crippen LogP contribution in [0.1, 0.15) is 58.2 Å². The number of rotatable bonds is 2. The Hall–Kier alpha value is -2.74. The molecule has 0 heterocycles. The minimum Gasteiger partial charge on any atom is -0.165 e. The standard InChI is InChI=1S/C21H25.C16H13.C7H8Si.2ClH.Zr/c1-20(2,3)16-7-9-18-14(12-16)11-15-13-17(21(4,5)6)8-10-19(15)18;1-12-10-14-8-5-9-15(16(14)11-12)13-6-3-2-4-7-13;1-8-7-5-3-2-4-6-7;;;/h7-13H,1-6H3;2-11H,1H3;2-6H,1H3;2*1H;/q2*-1;;;;+2/p-2. The van der Waals surface area contributed by atoms with E-state index in [9.17, 15) is 0 Å². The Labute approximate surface area is 302 Å². The molecule has 0 bridgehead atoms. The van der Waals surface area contributed by atoms with E-state index in [4.69, 9.17) is 17.0 Å². The van der Waals surface area contributed by atoms with E-state index in [1.54, 1.807) is 0 Å². The molecular formula is C44H46Cl2SiZr-2. The molecule has 0 aromatic heterocycles. The van der Waals surface area contributed by atoms with Crippen LogP contribution in [0.3, 0.4) is 0 Å². The van der Waals surface area contributed by atoms with Gasteiger partial charge < -0.3 is 0 Å². The van der Waals surface area contributed by atoms with Crippen molar-refractivity contribution in [1.29, 1.82) is 0 Å². The van der Waals surface area contributed by atoms with Gasteiger partial charge in [-0.3, -0.25) is 0 Å². The first-order chi connectivity index (χ1) is 22.7. The average molecular weight is 765 g/mol. The van der Waals surface area contributed by atoms with Crippen molar-refractivity contribution in [2.75, 3.05) is 0 Å². The summed E-state index contributed by atoms with van der Waals surface area (Å²) in [6, 6.07) is 48.1.